The molecule has 0 aliphatic carbocycles. The SMILES string of the molecule is COc1ccc(CN(C)C(=O)c2cn(-c3ccccc3)nn2)c(OC)c1. The van der Waals surface area contributed by atoms with E-state index in [0.29, 0.717) is 18.0 Å². The van der Waals surface area contributed by atoms with Crippen molar-refractivity contribution in [3.05, 3.63) is 66.0 Å². The second kappa shape index (κ2) is 7.69. The molecular weight excluding hydrogens is 332 g/mol. The van der Waals surface area contributed by atoms with E-state index < -0.39 is 0 Å². The van der Waals surface area contributed by atoms with Crippen LogP contribution in [0.3, 0.4) is 0 Å². The molecule has 7 heteroatoms. The number of hydrogen-bond acceptors (Lipinski definition) is 5. The topological polar surface area (TPSA) is 69.5 Å². The Morgan fingerprint density at radius 3 is 2.58 bits per heavy atom. The van der Waals surface area contributed by atoms with Crippen molar-refractivity contribution in [1.29, 1.82) is 0 Å². The quantitative estimate of drug-likeness (QED) is 0.682. The number of para-hydroxylation sites is 1. The van der Waals surface area contributed by atoms with Crippen LogP contribution in [0.15, 0.2) is 54.7 Å². The number of benzene rings is 2. The van der Waals surface area contributed by atoms with E-state index >= 15 is 0 Å². The fraction of sp³-hybridized carbons (Fsp3) is 0.211. The fourth-order valence-electron chi connectivity index (χ4n) is 2.57. The predicted octanol–water partition coefficient (Wildman–Crippen LogP) is 2.56. The molecule has 1 aromatic heterocycles. The highest BCUT2D eigenvalue weighted by Crippen LogP contribution is 2.25. The van der Waals surface area contributed by atoms with Crippen LogP contribution in [0, 0.1) is 0 Å². The molecule has 0 fully saturated rings. The van der Waals surface area contributed by atoms with Crippen LogP contribution in [0.5, 0.6) is 11.5 Å². The monoisotopic (exact) mass is 352 g/mol. The van der Waals surface area contributed by atoms with Gasteiger partial charge in [0.25, 0.3) is 5.91 Å². The molecule has 26 heavy (non-hydrogen) atoms. The molecule has 3 aromatic rings. The molecule has 0 aliphatic heterocycles. The summed E-state index contributed by atoms with van der Waals surface area (Å²) in [5.41, 5.74) is 2.00. The zero-order valence-electron chi connectivity index (χ0n) is 14.9. The van der Waals surface area contributed by atoms with E-state index in [-0.39, 0.29) is 11.6 Å². The highest BCUT2D eigenvalue weighted by molar-refractivity contribution is 5.91. The number of hydrogen-bond donors (Lipinski definition) is 0. The average Bonchev–Trinajstić information content (AvgIpc) is 3.18. The van der Waals surface area contributed by atoms with Crippen molar-refractivity contribution in [2.45, 2.75) is 6.54 Å². The van der Waals surface area contributed by atoms with Gasteiger partial charge >= 0.3 is 0 Å². The minimum atomic E-state index is -0.218. The zero-order chi connectivity index (χ0) is 18.5. The van der Waals surface area contributed by atoms with Crippen LogP contribution in [-0.4, -0.2) is 47.1 Å². The molecule has 0 saturated heterocycles. The van der Waals surface area contributed by atoms with E-state index in [1.807, 2.05) is 42.5 Å². The van der Waals surface area contributed by atoms with E-state index in [1.165, 1.54) is 0 Å². The lowest BCUT2D eigenvalue weighted by Crippen LogP contribution is -2.26. The summed E-state index contributed by atoms with van der Waals surface area (Å²) in [6.07, 6.45) is 1.62. The van der Waals surface area contributed by atoms with Gasteiger partial charge in [-0.3, -0.25) is 4.79 Å². The van der Waals surface area contributed by atoms with Gasteiger partial charge in [-0.25, -0.2) is 4.68 Å². The van der Waals surface area contributed by atoms with Crippen molar-refractivity contribution in [1.82, 2.24) is 19.9 Å². The first kappa shape index (κ1) is 17.5. The fourth-order valence-corrected chi connectivity index (χ4v) is 2.57. The molecule has 0 unspecified atom stereocenters. The summed E-state index contributed by atoms with van der Waals surface area (Å²) in [5.74, 6) is 1.15. The predicted molar refractivity (Wildman–Crippen MR) is 96.7 cm³/mol. The highest BCUT2D eigenvalue weighted by atomic mass is 16.5. The first-order valence-corrected chi connectivity index (χ1v) is 8.06. The largest absolute Gasteiger partial charge is 0.497 e. The van der Waals surface area contributed by atoms with Gasteiger partial charge in [0.2, 0.25) is 0 Å². The Balaban J connectivity index is 1.75. The Labute approximate surface area is 151 Å². The highest BCUT2D eigenvalue weighted by Gasteiger charge is 2.18. The van der Waals surface area contributed by atoms with Crippen molar-refractivity contribution >= 4 is 5.91 Å². The van der Waals surface area contributed by atoms with Crippen molar-refractivity contribution in [2.75, 3.05) is 21.3 Å². The van der Waals surface area contributed by atoms with Gasteiger partial charge in [0.15, 0.2) is 5.69 Å². The molecule has 0 saturated carbocycles. The summed E-state index contributed by atoms with van der Waals surface area (Å²) < 4.78 is 12.2. The van der Waals surface area contributed by atoms with Gasteiger partial charge in [0.05, 0.1) is 26.1 Å². The maximum Gasteiger partial charge on any atom is 0.276 e. The van der Waals surface area contributed by atoms with E-state index in [4.69, 9.17) is 9.47 Å². The smallest absolute Gasteiger partial charge is 0.276 e. The van der Waals surface area contributed by atoms with Gasteiger partial charge in [-0.15, -0.1) is 5.10 Å². The summed E-state index contributed by atoms with van der Waals surface area (Å²) in [7, 11) is 4.90. The lowest BCUT2D eigenvalue weighted by Gasteiger charge is -2.18. The third-order valence-electron chi connectivity index (χ3n) is 3.98. The maximum absolute atomic E-state index is 12.7. The molecule has 0 aliphatic rings. The van der Waals surface area contributed by atoms with Crippen LogP contribution in [0.1, 0.15) is 16.1 Å². The Kier molecular flexibility index (Phi) is 5.17. The normalized spacial score (nSPS) is 10.4. The summed E-state index contributed by atoms with van der Waals surface area (Å²) in [4.78, 5) is 14.2. The number of carbonyl (C=O) groups is 1. The molecule has 134 valence electrons. The maximum atomic E-state index is 12.7. The molecule has 0 N–H and O–H groups in total. The molecule has 1 heterocycles. The summed E-state index contributed by atoms with van der Waals surface area (Å²) in [6.45, 7) is 0.379. The number of ether oxygens (including phenoxy) is 2. The first-order valence-electron chi connectivity index (χ1n) is 8.06. The second-order valence-corrected chi connectivity index (χ2v) is 5.72. The molecule has 3 rings (SSSR count). The summed E-state index contributed by atoms with van der Waals surface area (Å²) >= 11 is 0. The lowest BCUT2D eigenvalue weighted by molar-refractivity contribution is 0.0778. The summed E-state index contributed by atoms with van der Waals surface area (Å²) in [5, 5.41) is 8.03. The lowest BCUT2D eigenvalue weighted by atomic mass is 10.1. The molecule has 0 spiro atoms. The van der Waals surface area contributed by atoms with Crippen molar-refractivity contribution in [2.24, 2.45) is 0 Å². The average molecular weight is 352 g/mol. The van der Waals surface area contributed by atoms with Crippen LogP contribution in [0.2, 0.25) is 0 Å². The number of nitrogens with zero attached hydrogens (tertiary/aromatic N) is 4. The zero-order valence-corrected chi connectivity index (χ0v) is 14.9. The Hall–Kier alpha value is -3.35. The van der Waals surface area contributed by atoms with Gasteiger partial charge < -0.3 is 14.4 Å². The number of rotatable bonds is 6. The third kappa shape index (κ3) is 3.66. The van der Waals surface area contributed by atoms with E-state index in [1.54, 1.807) is 43.1 Å². The Morgan fingerprint density at radius 2 is 1.88 bits per heavy atom. The van der Waals surface area contributed by atoms with Gasteiger partial charge in [-0.1, -0.05) is 23.4 Å². The van der Waals surface area contributed by atoms with Crippen molar-refractivity contribution in [3.63, 3.8) is 0 Å². The van der Waals surface area contributed by atoms with Crippen molar-refractivity contribution < 1.29 is 14.3 Å². The van der Waals surface area contributed by atoms with Gasteiger partial charge in [0, 0.05) is 25.2 Å². The molecule has 2 aromatic carbocycles. The van der Waals surface area contributed by atoms with Gasteiger partial charge in [-0.2, -0.15) is 0 Å². The van der Waals surface area contributed by atoms with Crippen LogP contribution in [-0.2, 0) is 6.54 Å². The minimum absolute atomic E-state index is 0.218. The van der Waals surface area contributed by atoms with Crippen LogP contribution in [0.4, 0.5) is 0 Å². The standard InChI is InChI=1S/C19H20N4O3/c1-22(12-14-9-10-16(25-2)11-18(14)26-3)19(24)17-13-23(21-20-17)15-7-5-4-6-8-15/h4-11,13H,12H2,1-3H3. The minimum Gasteiger partial charge on any atom is -0.497 e. The number of carbonyl (C=O) groups excluding carboxylic acids is 1. The second-order valence-electron chi connectivity index (χ2n) is 5.72. The number of amides is 1. The van der Waals surface area contributed by atoms with E-state index in [2.05, 4.69) is 10.3 Å². The Morgan fingerprint density at radius 1 is 1.12 bits per heavy atom. The third-order valence-corrected chi connectivity index (χ3v) is 3.98. The van der Waals surface area contributed by atoms with Crippen LogP contribution < -0.4 is 9.47 Å². The van der Waals surface area contributed by atoms with Gasteiger partial charge in [-0.05, 0) is 24.3 Å². The molecule has 0 atom stereocenters. The first-order chi connectivity index (χ1) is 12.6. The molecular formula is C19H20N4O3. The van der Waals surface area contributed by atoms with Gasteiger partial charge in [0.1, 0.15) is 11.5 Å². The van der Waals surface area contributed by atoms with Crippen LogP contribution >= 0.6 is 0 Å². The number of methoxy groups -OCH3 is 2. The molecule has 0 radical (unpaired) electrons. The van der Waals surface area contributed by atoms with E-state index in [9.17, 15) is 4.79 Å². The number of aromatic nitrogens is 3. The molecule has 1 amide bonds. The summed E-state index contributed by atoms with van der Waals surface area (Å²) in [6, 6.07) is 15.0. The van der Waals surface area contributed by atoms with Crippen LogP contribution in [0.25, 0.3) is 5.69 Å². The van der Waals surface area contributed by atoms with E-state index in [0.717, 1.165) is 11.3 Å². The molecule has 0 bridgehead atoms. The molecule has 7 nitrogen and oxygen atoms in total. The van der Waals surface area contributed by atoms with Crippen molar-refractivity contribution in [3.8, 4) is 17.2 Å². The Bertz CT molecular complexity index is 893.